The van der Waals surface area contributed by atoms with Gasteiger partial charge in [0.25, 0.3) is 5.91 Å². The van der Waals surface area contributed by atoms with Gasteiger partial charge in [0.05, 0.1) is 6.26 Å². The molecule has 5 nitrogen and oxygen atoms in total. The molecule has 0 unspecified atom stereocenters. The van der Waals surface area contributed by atoms with Crippen molar-refractivity contribution in [1.82, 2.24) is 9.97 Å². The zero-order chi connectivity index (χ0) is 11.5. The molecule has 2 aromatic rings. The second kappa shape index (κ2) is 4.32. The summed E-state index contributed by atoms with van der Waals surface area (Å²) < 4.78 is 4.93. The highest BCUT2D eigenvalue weighted by Gasteiger charge is 2.10. The van der Waals surface area contributed by atoms with Gasteiger partial charge in [-0.3, -0.25) is 10.1 Å². The first kappa shape index (κ1) is 10.6. The van der Waals surface area contributed by atoms with E-state index in [1.54, 1.807) is 25.1 Å². The Morgan fingerprint density at radius 3 is 2.94 bits per heavy atom. The third kappa shape index (κ3) is 2.38. The van der Waals surface area contributed by atoms with Crippen LogP contribution in [0.4, 0.5) is 5.95 Å². The maximum Gasteiger partial charge on any atom is 0.293 e. The van der Waals surface area contributed by atoms with Gasteiger partial charge in [-0.25, -0.2) is 9.97 Å². The number of furan rings is 1. The monoisotopic (exact) mass is 237 g/mol. The highest BCUT2D eigenvalue weighted by Crippen LogP contribution is 2.10. The summed E-state index contributed by atoms with van der Waals surface area (Å²) in [7, 11) is 0. The van der Waals surface area contributed by atoms with E-state index >= 15 is 0 Å². The van der Waals surface area contributed by atoms with Crippen molar-refractivity contribution >= 4 is 23.5 Å². The predicted molar refractivity (Wildman–Crippen MR) is 58.4 cm³/mol. The Labute approximate surface area is 96.5 Å². The van der Waals surface area contributed by atoms with Crippen LogP contribution in [-0.2, 0) is 0 Å². The summed E-state index contributed by atoms with van der Waals surface area (Å²) in [6.45, 7) is 1.76. The van der Waals surface area contributed by atoms with E-state index in [4.69, 9.17) is 16.0 Å². The maximum absolute atomic E-state index is 11.6. The van der Waals surface area contributed by atoms with Crippen LogP contribution >= 0.6 is 11.6 Å². The molecule has 1 amide bonds. The van der Waals surface area contributed by atoms with Crippen molar-refractivity contribution in [3.8, 4) is 0 Å². The first-order chi connectivity index (χ1) is 7.65. The van der Waals surface area contributed by atoms with Crippen molar-refractivity contribution in [2.75, 3.05) is 5.32 Å². The number of amides is 1. The first-order valence-corrected chi connectivity index (χ1v) is 4.89. The minimum Gasteiger partial charge on any atom is -0.459 e. The van der Waals surface area contributed by atoms with Gasteiger partial charge in [-0.15, -0.1) is 0 Å². The number of halogens is 1. The van der Waals surface area contributed by atoms with E-state index in [1.807, 2.05) is 0 Å². The van der Waals surface area contributed by atoms with Gasteiger partial charge in [0.2, 0.25) is 5.95 Å². The fraction of sp³-hybridized carbons (Fsp3) is 0.100. The molecule has 0 atom stereocenters. The van der Waals surface area contributed by atoms with E-state index in [0.717, 1.165) is 0 Å². The Hall–Kier alpha value is -1.88. The van der Waals surface area contributed by atoms with Gasteiger partial charge in [-0.05, 0) is 25.1 Å². The molecule has 0 aliphatic heterocycles. The molecule has 0 fully saturated rings. The molecule has 6 heteroatoms. The van der Waals surface area contributed by atoms with E-state index in [1.165, 1.54) is 6.26 Å². The minimum atomic E-state index is -0.410. The van der Waals surface area contributed by atoms with Gasteiger partial charge >= 0.3 is 0 Å². The molecule has 0 saturated carbocycles. The van der Waals surface area contributed by atoms with Crippen molar-refractivity contribution in [2.45, 2.75) is 6.92 Å². The van der Waals surface area contributed by atoms with Crippen LogP contribution in [0.15, 0.2) is 28.9 Å². The van der Waals surface area contributed by atoms with E-state index < -0.39 is 5.91 Å². The van der Waals surface area contributed by atoms with Crippen LogP contribution in [0.3, 0.4) is 0 Å². The van der Waals surface area contributed by atoms with Gasteiger partial charge in [0.15, 0.2) is 5.76 Å². The van der Waals surface area contributed by atoms with Gasteiger partial charge < -0.3 is 4.42 Å². The number of carbonyl (C=O) groups is 1. The Balaban J connectivity index is 2.18. The zero-order valence-electron chi connectivity index (χ0n) is 8.40. The van der Waals surface area contributed by atoms with Gasteiger partial charge in [0, 0.05) is 5.69 Å². The molecule has 0 bridgehead atoms. The maximum atomic E-state index is 11.6. The van der Waals surface area contributed by atoms with Gasteiger partial charge in [-0.2, -0.15) is 0 Å². The normalized spacial score (nSPS) is 10.1. The lowest BCUT2D eigenvalue weighted by Crippen LogP contribution is -2.13. The number of hydrogen-bond donors (Lipinski definition) is 1. The number of aryl methyl sites for hydroxylation is 1. The Kier molecular flexibility index (Phi) is 2.87. The van der Waals surface area contributed by atoms with Crippen LogP contribution in [0.25, 0.3) is 0 Å². The summed E-state index contributed by atoms with van der Waals surface area (Å²) in [5, 5.41) is 2.77. The molecule has 0 radical (unpaired) electrons. The minimum absolute atomic E-state index is 0.159. The summed E-state index contributed by atoms with van der Waals surface area (Å²) in [4.78, 5) is 19.4. The standard InChI is InChI=1S/C10H8ClN3O2/c1-6-5-8(11)13-10(12-6)14-9(15)7-3-2-4-16-7/h2-5H,1H3,(H,12,13,14,15). The highest BCUT2D eigenvalue weighted by molar-refractivity contribution is 6.29. The van der Waals surface area contributed by atoms with Crippen LogP contribution < -0.4 is 5.32 Å². The quantitative estimate of drug-likeness (QED) is 0.814. The molecule has 0 saturated heterocycles. The SMILES string of the molecule is Cc1cc(Cl)nc(NC(=O)c2ccco2)n1. The van der Waals surface area contributed by atoms with Crippen molar-refractivity contribution < 1.29 is 9.21 Å². The summed E-state index contributed by atoms with van der Waals surface area (Å²) in [5.74, 6) is -0.0562. The molecule has 2 aromatic heterocycles. The smallest absolute Gasteiger partial charge is 0.293 e. The van der Waals surface area contributed by atoms with Gasteiger partial charge in [-0.1, -0.05) is 11.6 Å². The molecule has 1 N–H and O–H groups in total. The number of aromatic nitrogens is 2. The summed E-state index contributed by atoms with van der Waals surface area (Å²) in [5.41, 5.74) is 0.676. The molecular formula is C10H8ClN3O2. The molecule has 0 aliphatic rings. The molecule has 16 heavy (non-hydrogen) atoms. The molecule has 0 aliphatic carbocycles. The molecule has 2 heterocycles. The van der Waals surface area contributed by atoms with Crippen LogP contribution in [0.5, 0.6) is 0 Å². The van der Waals surface area contributed by atoms with Crippen LogP contribution in [-0.4, -0.2) is 15.9 Å². The van der Waals surface area contributed by atoms with E-state index in [2.05, 4.69) is 15.3 Å². The van der Waals surface area contributed by atoms with E-state index in [0.29, 0.717) is 5.69 Å². The molecule has 0 spiro atoms. The van der Waals surface area contributed by atoms with Crippen molar-refractivity contribution in [2.24, 2.45) is 0 Å². The van der Waals surface area contributed by atoms with E-state index in [-0.39, 0.29) is 16.9 Å². The number of rotatable bonds is 2. The lowest BCUT2D eigenvalue weighted by molar-refractivity contribution is 0.0996. The molecule has 82 valence electrons. The second-order valence-electron chi connectivity index (χ2n) is 3.09. The van der Waals surface area contributed by atoms with Crippen molar-refractivity contribution in [3.63, 3.8) is 0 Å². The number of hydrogen-bond acceptors (Lipinski definition) is 4. The highest BCUT2D eigenvalue weighted by atomic mass is 35.5. The average molecular weight is 238 g/mol. The largest absolute Gasteiger partial charge is 0.459 e. The molecule has 2 rings (SSSR count). The van der Waals surface area contributed by atoms with Crippen LogP contribution in [0, 0.1) is 6.92 Å². The van der Waals surface area contributed by atoms with Gasteiger partial charge in [0.1, 0.15) is 5.15 Å². The predicted octanol–water partition coefficient (Wildman–Crippen LogP) is 2.28. The lowest BCUT2D eigenvalue weighted by atomic mass is 10.4. The Morgan fingerprint density at radius 1 is 1.50 bits per heavy atom. The second-order valence-corrected chi connectivity index (χ2v) is 3.47. The topological polar surface area (TPSA) is 68.0 Å². The Bertz CT molecular complexity index is 491. The first-order valence-electron chi connectivity index (χ1n) is 4.51. The van der Waals surface area contributed by atoms with Crippen LogP contribution in [0.1, 0.15) is 16.2 Å². The lowest BCUT2D eigenvalue weighted by Gasteiger charge is -2.02. The van der Waals surface area contributed by atoms with E-state index in [9.17, 15) is 4.79 Å². The summed E-state index contributed by atoms with van der Waals surface area (Å²) in [6, 6.07) is 4.77. The third-order valence-electron chi connectivity index (χ3n) is 1.79. The number of nitrogens with one attached hydrogen (secondary N) is 1. The Morgan fingerprint density at radius 2 is 2.31 bits per heavy atom. The third-order valence-corrected chi connectivity index (χ3v) is 1.99. The number of nitrogens with zero attached hydrogens (tertiary/aromatic N) is 2. The number of anilines is 1. The fourth-order valence-electron chi connectivity index (χ4n) is 1.16. The van der Waals surface area contributed by atoms with Crippen molar-refractivity contribution in [3.05, 3.63) is 41.1 Å². The van der Waals surface area contributed by atoms with Crippen LogP contribution in [0.2, 0.25) is 5.15 Å². The van der Waals surface area contributed by atoms with Crippen molar-refractivity contribution in [1.29, 1.82) is 0 Å². The zero-order valence-corrected chi connectivity index (χ0v) is 9.15. The number of carbonyl (C=O) groups excluding carboxylic acids is 1. The average Bonchev–Trinajstić information content (AvgIpc) is 2.68. The molecule has 0 aromatic carbocycles. The molecular weight excluding hydrogens is 230 g/mol. The summed E-state index contributed by atoms with van der Waals surface area (Å²) in [6.07, 6.45) is 1.42. The fourth-order valence-corrected chi connectivity index (χ4v) is 1.39. The summed E-state index contributed by atoms with van der Waals surface area (Å²) >= 11 is 5.73.